The Bertz CT molecular complexity index is 587. The zero-order valence-corrected chi connectivity index (χ0v) is 14.1. The van der Waals surface area contributed by atoms with Crippen LogP contribution in [0.3, 0.4) is 0 Å². The maximum atomic E-state index is 5.96. The Kier molecular flexibility index (Phi) is 6.21. The van der Waals surface area contributed by atoms with Crippen LogP contribution in [-0.4, -0.2) is 11.5 Å². The first-order chi connectivity index (χ1) is 10.2. The highest BCUT2D eigenvalue weighted by Crippen LogP contribution is 2.21. The molecule has 0 spiro atoms. The average Bonchev–Trinajstić information content (AvgIpc) is 2.48. The van der Waals surface area contributed by atoms with E-state index in [9.17, 15) is 0 Å². The first-order valence-electron chi connectivity index (χ1n) is 7.24. The van der Waals surface area contributed by atoms with E-state index in [1.807, 2.05) is 37.3 Å². The molecule has 0 fully saturated rings. The number of aryl methyl sites for hydroxylation is 1. The van der Waals surface area contributed by atoms with E-state index in [1.54, 1.807) is 0 Å². The van der Waals surface area contributed by atoms with Crippen molar-refractivity contribution in [3.8, 4) is 5.75 Å². The summed E-state index contributed by atoms with van der Waals surface area (Å²) in [6, 6.07) is 12.1. The molecule has 0 saturated carbocycles. The van der Waals surface area contributed by atoms with Gasteiger partial charge in [-0.05, 0) is 38.1 Å². The van der Waals surface area contributed by atoms with Gasteiger partial charge < -0.3 is 10.1 Å². The molecule has 1 aromatic heterocycles. The van der Waals surface area contributed by atoms with Crippen LogP contribution in [0.15, 0.2) is 40.9 Å². The number of pyridine rings is 1. The van der Waals surface area contributed by atoms with Crippen molar-refractivity contribution >= 4 is 15.9 Å². The van der Waals surface area contributed by atoms with Crippen LogP contribution in [0.2, 0.25) is 0 Å². The summed E-state index contributed by atoms with van der Waals surface area (Å²) < 4.78 is 7.02. The van der Waals surface area contributed by atoms with Gasteiger partial charge in [0.25, 0.3) is 0 Å². The Morgan fingerprint density at radius 3 is 2.76 bits per heavy atom. The standard InChI is InChI=1S/C17H21BrN2O/c1-3-10-19-11-16-17(9-8-13(2)20-16)21-12-14-6-4-5-7-15(14)18/h4-9,19H,3,10-12H2,1-2H3. The van der Waals surface area contributed by atoms with Crippen LogP contribution in [0.4, 0.5) is 0 Å². The Labute approximate surface area is 134 Å². The van der Waals surface area contributed by atoms with Gasteiger partial charge in [0.05, 0.1) is 5.69 Å². The summed E-state index contributed by atoms with van der Waals surface area (Å²) in [6.07, 6.45) is 1.11. The van der Waals surface area contributed by atoms with Crippen molar-refractivity contribution < 1.29 is 4.74 Å². The van der Waals surface area contributed by atoms with Crippen LogP contribution >= 0.6 is 15.9 Å². The predicted octanol–water partition coefficient (Wildman–Crippen LogP) is 4.23. The van der Waals surface area contributed by atoms with Crippen molar-refractivity contribution in [1.82, 2.24) is 10.3 Å². The van der Waals surface area contributed by atoms with Crippen LogP contribution in [0.5, 0.6) is 5.75 Å². The van der Waals surface area contributed by atoms with Crippen molar-refractivity contribution in [3.63, 3.8) is 0 Å². The van der Waals surface area contributed by atoms with Crippen LogP contribution in [0.25, 0.3) is 0 Å². The van der Waals surface area contributed by atoms with Crippen molar-refractivity contribution in [2.24, 2.45) is 0 Å². The SMILES string of the molecule is CCCNCc1nc(C)ccc1OCc1ccccc1Br. The Balaban J connectivity index is 2.06. The van der Waals surface area contributed by atoms with Gasteiger partial charge in [0.15, 0.2) is 0 Å². The molecule has 1 heterocycles. The maximum absolute atomic E-state index is 5.96. The molecule has 0 aliphatic rings. The second-order valence-electron chi connectivity index (χ2n) is 4.95. The first-order valence-corrected chi connectivity index (χ1v) is 8.03. The lowest BCUT2D eigenvalue weighted by Crippen LogP contribution is -2.16. The Hall–Kier alpha value is -1.39. The number of ether oxygens (including phenoxy) is 1. The van der Waals surface area contributed by atoms with E-state index in [2.05, 4.69) is 39.2 Å². The van der Waals surface area contributed by atoms with Crippen LogP contribution in [0.1, 0.15) is 30.3 Å². The normalized spacial score (nSPS) is 10.6. The Morgan fingerprint density at radius 2 is 2.00 bits per heavy atom. The van der Waals surface area contributed by atoms with E-state index in [1.165, 1.54) is 0 Å². The zero-order valence-electron chi connectivity index (χ0n) is 12.5. The highest BCUT2D eigenvalue weighted by molar-refractivity contribution is 9.10. The van der Waals surface area contributed by atoms with Crippen molar-refractivity contribution in [2.45, 2.75) is 33.4 Å². The van der Waals surface area contributed by atoms with Gasteiger partial charge in [0.2, 0.25) is 0 Å². The minimum absolute atomic E-state index is 0.535. The molecule has 21 heavy (non-hydrogen) atoms. The van der Waals surface area contributed by atoms with Gasteiger partial charge in [-0.2, -0.15) is 0 Å². The van der Waals surface area contributed by atoms with E-state index < -0.39 is 0 Å². The molecule has 0 aliphatic heterocycles. The monoisotopic (exact) mass is 348 g/mol. The maximum Gasteiger partial charge on any atom is 0.142 e. The fourth-order valence-electron chi connectivity index (χ4n) is 2.01. The average molecular weight is 349 g/mol. The highest BCUT2D eigenvalue weighted by atomic mass is 79.9. The molecule has 3 nitrogen and oxygen atoms in total. The van der Waals surface area contributed by atoms with Gasteiger partial charge in [-0.3, -0.25) is 4.98 Å². The summed E-state index contributed by atoms with van der Waals surface area (Å²) in [6.45, 7) is 6.41. The lowest BCUT2D eigenvalue weighted by Gasteiger charge is -2.13. The number of hydrogen-bond acceptors (Lipinski definition) is 3. The topological polar surface area (TPSA) is 34.2 Å². The third-order valence-corrected chi connectivity index (χ3v) is 3.91. The van der Waals surface area contributed by atoms with E-state index >= 15 is 0 Å². The molecule has 112 valence electrons. The molecule has 0 bridgehead atoms. The Morgan fingerprint density at radius 1 is 1.19 bits per heavy atom. The lowest BCUT2D eigenvalue weighted by atomic mass is 10.2. The van der Waals surface area contributed by atoms with Gasteiger partial charge in [0, 0.05) is 22.3 Å². The summed E-state index contributed by atoms with van der Waals surface area (Å²) >= 11 is 3.54. The molecule has 0 aliphatic carbocycles. The lowest BCUT2D eigenvalue weighted by molar-refractivity contribution is 0.299. The molecule has 0 radical (unpaired) electrons. The summed E-state index contributed by atoms with van der Waals surface area (Å²) in [4.78, 5) is 4.58. The molecule has 0 saturated heterocycles. The van der Waals surface area contributed by atoms with Gasteiger partial charge >= 0.3 is 0 Å². The number of benzene rings is 1. The van der Waals surface area contributed by atoms with Crippen LogP contribution in [-0.2, 0) is 13.2 Å². The molecular formula is C17H21BrN2O. The van der Waals surface area contributed by atoms with E-state index in [-0.39, 0.29) is 0 Å². The number of nitrogens with zero attached hydrogens (tertiary/aromatic N) is 1. The minimum Gasteiger partial charge on any atom is -0.487 e. The molecule has 1 aromatic carbocycles. The minimum atomic E-state index is 0.535. The summed E-state index contributed by atoms with van der Waals surface area (Å²) in [7, 11) is 0. The number of aromatic nitrogens is 1. The van der Waals surface area contributed by atoms with Crippen molar-refractivity contribution in [2.75, 3.05) is 6.54 Å². The summed E-state index contributed by atoms with van der Waals surface area (Å²) in [5.41, 5.74) is 3.11. The molecule has 1 N–H and O–H groups in total. The zero-order chi connectivity index (χ0) is 15.1. The highest BCUT2D eigenvalue weighted by Gasteiger charge is 2.07. The number of hydrogen-bond donors (Lipinski definition) is 1. The second-order valence-corrected chi connectivity index (χ2v) is 5.81. The molecule has 0 atom stereocenters. The fraction of sp³-hybridized carbons (Fsp3) is 0.353. The number of nitrogens with one attached hydrogen (secondary N) is 1. The molecule has 2 rings (SSSR count). The van der Waals surface area contributed by atoms with Crippen molar-refractivity contribution in [3.05, 3.63) is 57.8 Å². The summed E-state index contributed by atoms with van der Waals surface area (Å²) in [5.74, 6) is 0.847. The van der Waals surface area contributed by atoms with E-state index in [0.29, 0.717) is 6.61 Å². The third kappa shape index (κ3) is 4.83. The van der Waals surface area contributed by atoms with Crippen molar-refractivity contribution in [1.29, 1.82) is 0 Å². The molecular weight excluding hydrogens is 328 g/mol. The predicted molar refractivity (Wildman–Crippen MR) is 89.4 cm³/mol. The molecule has 0 amide bonds. The number of halogens is 1. The van der Waals surface area contributed by atoms with E-state index in [4.69, 9.17) is 4.74 Å². The quantitative estimate of drug-likeness (QED) is 0.760. The van der Waals surface area contributed by atoms with Gasteiger partial charge in [-0.1, -0.05) is 41.1 Å². The fourth-order valence-corrected chi connectivity index (χ4v) is 2.41. The third-order valence-electron chi connectivity index (χ3n) is 3.13. The smallest absolute Gasteiger partial charge is 0.142 e. The van der Waals surface area contributed by atoms with Gasteiger partial charge in [-0.25, -0.2) is 0 Å². The summed E-state index contributed by atoms with van der Waals surface area (Å²) in [5, 5.41) is 3.38. The second kappa shape index (κ2) is 8.15. The first kappa shape index (κ1) is 16.0. The van der Waals surface area contributed by atoms with Gasteiger partial charge in [-0.15, -0.1) is 0 Å². The van der Waals surface area contributed by atoms with Gasteiger partial charge in [0.1, 0.15) is 12.4 Å². The molecule has 2 aromatic rings. The molecule has 4 heteroatoms. The number of rotatable bonds is 7. The van der Waals surface area contributed by atoms with E-state index in [0.717, 1.165) is 46.7 Å². The van der Waals surface area contributed by atoms with Crippen LogP contribution in [0, 0.1) is 6.92 Å². The largest absolute Gasteiger partial charge is 0.487 e. The molecule has 0 unspecified atom stereocenters. The van der Waals surface area contributed by atoms with Crippen LogP contribution < -0.4 is 10.1 Å².